The molecule has 0 bridgehead atoms. The van der Waals surface area contributed by atoms with E-state index < -0.39 is 0 Å². The number of rotatable bonds is 4. The van der Waals surface area contributed by atoms with Gasteiger partial charge in [0, 0.05) is 22.2 Å². The Hall–Kier alpha value is -1.26. The number of hydrogen-bond donors (Lipinski definition) is 2. The highest BCUT2D eigenvalue weighted by molar-refractivity contribution is 9.10. The summed E-state index contributed by atoms with van der Waals surface area (Å²) in [5, 5.41) is 3.56. The van der Waals surface area contributed by atoms with Crippen molar-refractivity contribution in [1.82, 2.24) is 10.3 Å². The van der Waals surface area contributed by atoms with E-state index in [0.29, 0.717) is 17.3 Å². The predicted octanol–water partition coefficient (Wildman–Crippen LogP) is 3.40. The van der Waals surface area contributed by atoms with Gasteiger partial charge in [0.15, 0.2) is 0 Å². The van der Waals surface area contributed by atoms with Crippen molar-refractivity contribution in [1.29, 1.82) is 0 Å². The van der Waals surface area contributed by atoms with Crippen molar-refractivity contribution in [3.63, 3.8) is 0 Å². The Morgan fingerprint density at radius 1 is 1.39 bits per heavy atom. The standard InChI is InChI=1S/C13H12BrClN2O/c14-10-7-12(17-8-10)13(18)16-5-4-9-2-1-3-11(15)6-9/h1-3,6-8,17H,4-5H2,(H,16,18). The molecule has 2 aromatic rings. The van der Waals surface area contributed by atoms with Gasteiger partial charge in [-0.2, -0.15) is 0 Å². The maximum atomic E-state index is 11.7. The van der Waals surface area contributed by atoms with Crippen molar-refractivity contribution in [3.8, 4) is 0 Å². The smallest absolute Gasteiger partial charge is 0.267 e. The van der Waals surface area contributed by atoms with E-state index in [1.165, 1.54) is 0 Å². The quantitative estimate of drug-likeness (QED) is 0.888. The number of hydrogen-bond acceptors (Lipinski definition) is 1. The van der Waals surface area contributed by atoms with E-state index >= 15 is 0 Å². The molecular weight excluding hydrogens is 316 g/mol. The SMILES string of the molecule is O=C(NCCc1cccc(Cl)c1)c1cc(Br)c[nH]1. The van der Waals surface area contributed by atoms with Crippen LogP contribution >= 0.6 is 27.5 Å². The first-order chi connectivity index (χ1) is 8.65. The summed E-state index contributed by atoms with van der Waals surface area (Å²) in [5.74, 6) is -0.109. The average Bonchev–Trinajstić information content (AvgIpc) is 2.76. The molecule has 0 fully saturated rings. The number of nitrogens with one attached hydrogen (secondary N) is 2. The molecule has 0 spiro atoms. The van der Waals surface area contributed by atoms with Gasteiger partial charge in [-0.05, 0) is 46.1 Å². The molecule has 0 aliphatic rings. The van der Waals surface area contributed by atoms with Gasteiger partial charge in [-0.15, -0.1) is 0 Å². The molecule has 0 saturated carbocycles. The maximum absolute atomic E-state index is 11.7. The van der Waals surface area contributed by atoms with Crippen LogP contribution < -0.4 is 5.32 Å². The Labute approximate surface area is 119 Å². The van der Waals surface area contributed by atoms with Gasteiger partial charge in [0.2, 0.25) is 0 Å². The number of halogens is 2. The second-order valence-corrected chi connectivity index (χ2v) is 5.22. The molecule has 3 nitrogen and oxygen atoms in total. The van der Waals surface area contributed by atoms with E-state index in [0.717, 1.165) is 16.5 Å². The molecule has 1 aromatic heterocycles. The lowest BCUT2D eigenvalue weighted by atomic mass is 10.1. The highest BCUT2D eigenvalue weighted by Gasteiger charge is 2.06. The summed E-state index contributed by atoms with van der Waals surface area (Å²) in [5.41, 5.74) is 1.66. The highest BCUT2D eigenvalue weighted by atomic mass is 79.9. The number of aromatic nitrogens is 1. The zero-order valence-corrected chi connectivity index (χ0v) is 11.9. The number of carbonyl (C=O) groups is 1. The zero-order chi connectivity index (χ0) is 13.0. The van der Waals surface area contributed by atoms with Crippen LogP contribution in [-0.2, 0) is 6.42 Å². The van der Waals surface area contributed by atoms with E-state index in [9.17, 15) is 4.79 Å². The topological polar surface area (TPSA) is 44.9 Å². The van der Waals surface area contributed by atoms with E-state index in [1.54, 1.807) is 12.3 Å². The predicted molar refractivity (Wildman–Crippen MR) is 76.0 cm³/mol. The molecule has 0 atom stereocenters. The Kier molecular flexibility index (Phi) is 4.44. The van der Waals surface area contributed by atoms with Crippen molar-refractivity contribution < 1.29 is 4.79 Å². The lowest BCUT2D eigenvalue weighted by Gasteiger charge is -2.04. The minimum Gasteiger partial charge on any atom is -0.356 e. The van der Waals surface area contributed by atoms with Crippen molar-refractivity contribution in [2.75, 3.05) is 6.54 Å². The van der Waals surface area contributed by atoms with Gasteiger partial charge in [0.05, 0.1) is 0 Å². The van der Waals surface area contributed by atoms with Gasteiger partial charge in [0.1, 0.15) is 5.69 Å². The first kappa shape index (κ1) is 13.2. The second-order valence-electron chi connectivity index (χ2n) is 3.87. The van der Waals surface area contributed by atoms with E-state index in [4.69, 9.17) is 11.6 Å². The van der Waals surface area contributed by atoms with Crippen LogP contribution in [0.2, 0.25) is 5.02 Å². The third-order valence-electron chi connectivity index (χ3n) is 2.48. The second kappa shape index (κ2) is 6.07. The molecule has 18 heavy (non-hydrogen) atoms. The average molecular weight is 328 g/mol. The highest BCUT2D eigenvalue weighted by Crippen LogP contribution is 2.11. The summed E-state index contributed by atoms with van der Waals surface area (Å²) in [6, 6.07) is 9.37. The Morgan fingerprint density at radius 2 is 2.22 bits per heavy atom. The molecule has 0 aliphatic heterocycles. The normalized spacial score (nSPS) is 10.3. The van der Waals surface area contributed by atoms with E-state index in [2.05, 4.69) is 26.2 Å². The van der Waals surface area contributed by atoms with Crippen molar-refractivity contribution >= 4 is 33.4 Å². The van der Waals surface area contributed by atoms with Gasteiger partial charge < -0.3 is 10.3 Å². The monoisotopic (exact) mass is 326 g/mol. The lowest BCUT2D eigenvalue weighted by molar-refractivity contribution is 0.0950. The Balaban J connectivity index is 1.84. The summed E-state index contributed by atoms with van der Waals surface area (Å²) in [6.45, 7) is 0.579. The number of amides is 1. The van der Waals surface area contributed by atoms with Crippen LogP contribution in [0.25, 0.3) is 0 Å². The van der Waals surface area contributed by atoms with E-state index in [-0.39, 0.29) is 5.91 Å². The lowest BCUT2D eigenvalue weighted by Crippen LogP contribution is -2.25. The molecule has 0 radical (unpaired) electrons. The molecule has 2 rings (SSSR count). The molecule has 2 N–H and O–H groups in total. The van der Waals surface area contributed by atoms with Crippen LogP contribution in [0.3, 0.4) is 0 Å². The molecule has 1 amide bonds. The number of H-pyrrole nitrogens is 1. The first-order valence-corrected chi connectivity index (χ1v) is 6.69. The summed E-state index contributed by atoms with van der Waals surface area (Å²) in [7, 11) is 0. The van der Waals surface area contributed by atoms with Gasteiger partial charge in [0.25, 0.3) is 5.91 Å². The van der Waals surface area contributed by atoms with Crippen molar-refractivity contribution in [2.45, 2.75) is 6.42 Å². The van der Waals surface area contributed by atoms with Crippen molar-refractivity contribution in [2.24, 2.45) is 0 Å². The van der Waals surface area contributed by atoms with Crippen LogP contribution in [0.5, 0.6) is 0 Å². The van der Waals surface area contributed by atoms with Gasteiger partial charge >= 0.3 is 0 Å². The fraction of sp³-hybridized carbons (Fsp3) is 0.154. The molecule has 5 heteroatoms. The summed E-state index contributed by atoms with van der Waals surface area (Å²) >= 11 is 9.17. The molecule has 1 heterocycles. The summed E-state index contributed by atoms with van der Waals surface area (Å²) < 4.78 is 0.863. The summed E-state index contributed by atoms with van der Waals surface area (Å²) in [6.07, 6.45) is 2.49. The minimum atomic E-state index is -0.109. The van der Waals surface area contributed by atoms with Crippen LogP contribution in [0.15, 0.2) is 41.0 Å². The Morgan fingerprint density at radius 3 is 2.89 bits per heavy atom. The maximum Gasteiger partial charge on any atom is 0.267 e. The largest absolute Gasteiger partial charge is 0.356 e. The van der Waals surface area contributed by atoms with Crippen molar-refractivity contribution in [3.05, 3.63) is 57.3 Å². The van der Waals surface area contributed by atoms with Crippen LogP contribution in [-0.4, -0.2) is 17.4 Å². The minimum absolute atomic E-state index is 0.109. The van der Waals surface area contributed by atoms with Crippen LogP contribution in [0, 0.1) is 0 Å². The third-order valence-corrected chi connectivity index (χ3v) is 3.17. The fourth-order valence-corrected chi connectivity index (χ4v) is 2.16. The van der Waals surface area contributed by atoms with Gasteiger partial charge in [-0.25, -0.2) is 0 Å². The molecule has 0 aliphatic carbocycles. The number of benzene rings is 1. The molecule has 1 aromatic carbocycles. The molecule has 0 saturated heterocycles. The summed E-state index contributed by atoms with van der Waals surface area (Å²) in [4.78, 5) is 14.6. The third kappa shape index (κ3) is 3.62. The van der Waals surface area contributed by atoms with Gasteiger partial charge in [-0.1, -0.05) is 23.7 Å². The number of aromatic amines is 1. The molecule has 94 valence electrons. The first-order valence-electron chi connectivity index (χ1n) is 5.52. The Bertz CT molecular complexity index is 553. The zero-order valence-electron chi connectivity index (χ0n) is 9.54. The van der Waals surface area contributed by atoms with Crippen LogP contribution in [0.1, 0.15) is 16.1 Å². The van der Waals surface area contributed by atoms with Gasteiger partial charge in [-0.3, -0.25) is 4.79 Å². The molecule has 0 unspecified atom stereocenters. The number of carbonyl (C=O) groups excluding carboxylic acids is 1. The van der Waals surface area contributed by atoms with Crippen LogP contribution in [0.4, 0.5) is 0 Å². The fourth-order valence-electron chi connectivity index (χ4n) is 1.61. The molecular formula is C13H12BrClN2O. The van der Waals surface area contributed by atoms with E-state index in [1.807, 2.05) is 24.3 Å².